The molecule has 8 aliphatic rings. The summed E-state index contributed by atoms with van der Waals surface area (Å²) in [6.45, 7) is 4.66. The van der Waals surface area contributed by atoms with E-state index in [4.69, 9.17) is 9.47 Å². The Morgan fingerprint density at radius 1 is 0.711 bits per heavy atom. The van der Waals surface area contributed by atoms with Gasteiger partial charge in [-0.3, -0.25) is 19.4 Å². The summed E-state index contributed by atoms with van der Waals surface area (Å²) >= 11 is 0. The SMILES string of the molecule is O=C1OC2C(C=C1C(=O)C1CC3CC4CCCN5CCCC(C3OC1=O)C45)CC1CCCN3CCCC2C13. The van der Waals surface area contributed by atoms with E-state index in [9.17, 15) is 14.4 Å². The number of hydrogen-bond acceptors (Lipinski definition) is 7. The predicted molar refractivity (Wildman–Crippen MR) is 139 cm³/mol. The van der Waals surface area contributed by atoms with Crippen LogP contribution in [-0.2, 0) is 23.9 Å². The minimum absolute atomic E-state index is 0.0683. The van der Waals surface area contributed by atoms with E-state index in [0.29, 0.717) is 42.2 Å². The summed E-state index contributed by atoms with van der Waals surface area (Å²) in [6.07, 6.45) is 13.8. The first-order chi connectivity index (χ1) is 18.6. The van der Waals surface area contributed by atoms with Gasteiger partial charge in [0, 0.05) is 29.8 Å². The van der Waals surface area contributed by atoms with Crippen molar-refractivity contribution in [3.8, 4) is 0 Å². The first kappa shape index (κ1) is 24.1. The largest absolute Gasteiger partial charge is 0.461 e. The molecule has 0 aromatic heterocycles. The second-order valence-electron chi connectivity index (χ2n) is 13.9. The number of carbonyl (C=O) groups is 3. The Bertz CT molecular complexity index is 1050. The summed E-state index contributed by atoms with van der Waals surface area (Å²) in [4.78, 5) is 45.7. The lowest BCUT2D eigenvalue weighted by molar-refractivity contribution is -0.188. The zero-order valence-electron chi connectivity index (χ0n) is 22.5. The summed E-state index contributed by atoms with van der Waals surface area (Å²) in [6, 6.07) is 1.06. The van der Waals surface area contributed by atoms with Crippen molar-refractivity contribution >= 4 is 17.7 Å². The van der Waals surface area contributed by atoms with E-state index < -0.39 is 17.9 Å². The third kappa shape index (κ3) is 3.63. The van der Waals surface area contributed by atoms with Crippen molar-refractivity contribution < 1.29 is 23.9 Å². The van der Waals surface area contributed by atoms with Crippen LogP contribution in [0.3, 0.4) is 0 Å². The number of esters is 2. The van der Waals surface area contributed by atoms with Gasteiger partial charge in [0.1, 0.15) is 18.1 Å². The van der Waals surface area contributed by atoms with Crippen molar-refractivity contribution in [3.05, 3.63) is 11.6 Å². The van der Waals surface area contributed by atoms with Crippen molar-refractivity contribution in [3.63, 3.8) is 0 Å². The molecular formula is C31H42N2O5. The average molecular weight is 523 g/mol. The Balaban J connectivity index is 1.03. The van der Waals surface area contributed by atoms with E-state index in [1.54, 1.807) is 0 Å². The molecule has 2 aliphatic carbocycles. The minimum atomic E-state index is -0.859. The second-order valence-corrected chi connectivity index (χ2v) is 13.9. The molecule has 6 aliphatic heterocycles. The number of hydrogen-bond donors (Lipinski definition) is 0. The zero-order chi connectivity index (χ0) is 25.5. The smallest absolute Gasteiger partial charge is 0.341 e. The molecule has 0 radical (unpaired) electrons. The summed E-state index contributed by atoms with van der Waals surface area (Å²) in [5, 5.41) is 0. The number of piperidine rings is 4. The fraction of sp³-hybridized carbons (Fsp3) is 0.839. The van der Waals surface area contributed by atoms with E-state index >= 15 is 0 Å². The van der Waals surface area contributed by atoms with Crippen LogP contribution in [0.2, 0.25) is 0 Å². The Morgan fingerprint density at radius 3 is 2.00 bits per heavy atom. The van der Waals surface area contributed by atoms with Crippen LogP contribution in [0.4, 0.5) is 0 Å². The Hall–Kier alpha value is -1.73. The number of rotatable bonds is 2. The third-order valence-corrected chi connectivity index (χ3v) is 12.1. The predicted octanol–water partition coefficient (Wildman–Crippen LogP) is 3.36. The molecule has 0 N–H and O–H groups in total. The number of nitrogens with zero attached hydrogens (tertiary/aromatic N) is 2. The van der Waals surface area contributed by atoms with E-state index in [1.807, 2.05) is 6.08 Å². The molecule has 206 valence electrons. The van der Waals surface area contributed by atoms with Crippen LogP contribution in [0, 0.1) is 41.4 Å². The molecule has 0 spiro atoms. The van der Waals surface area contributed by atoms with Crippen molar-refractivity contribution in [1.82, 2.24) is 9.80 Å². The van der Waals surface area contributed by atoms with Gasteiger partial charge in [0.25, 0.3) is 0 Å². The third-order valence-electron chi connectivity index (χ3n) is 12.1. The average Bonchev–Trinajstić information content (AvgIpc) is 2.93. The fourth-order valence-electron chi connectivity index (χ4n) is 10.8. The maximum Gasteiger partial charge on any atom is 0.341 e. The molecule has 7 fully saturated rings. The van der Waals surface area contributed by atoms with Crippen molar-refractivity contribution in [2.45, 2.75) is 94.9 Å². The van der Waals surface area contributed by atoms with Gasteiger partial charge < -0.3 is 9.47 Å². The van der Waals surface area contributed by atoms with Crippen molar-refractivity contribution in [2.24, 2.45) is 41.4 Å². The molecule has 0 bridgehead atoms. The van der Waals surface area contributed by atoms with E-state index in [0.717, 1.165) is 45.2 Å². The topological polar surface area (TPSA) is 76.1 Å². The van der Waals surface area contributed by atoms with Crippen LogP contribution >= 0.6 is 0 Å². The molecule has 0 aromatic carbocycles. The van der Waals surface area contributed by atoms with Gasteiger partial charge in [0.15, 0.2) is 5.78 Å². The minimum Gasteiger partial charge on any atom is -0.461 e. The molecule has 2 saturated carbocycles. The summed E-state index contributed by atoms with van der Waals surface area (Å²) in [5.41, 5.74) is 0.128. The van der Waals surface area contributed by atoms with E-state index in [2.05, 4.69) is 9.80 Å². The number of carbonyl (C=O) groups excluding carboxylic acids is 3. The number of fused-ring (bicyclic) bond motifs is 4. The quantitative estimate of drug-likeness (QED) is 0.313. The first-order valence-electron chi connectivity index (χ1n) is 15.7. The van der Waals surface area contributed by atoms with Gasteiger partial charge in [-0.25, -0.2) is 4.79 Å². The lowest BCUT2D eigenvalue weighted by Gasteiger charge is -2.57. The van der Waals surface area contributed by atoms with E-state index in [1.165, 1.54) is 45.2 Å². The van der Waals surface area contributed by atoms with Gasteiger partial charge in [0.05, 0.1) is 5.57 Å². The lowest BCUT2D eigenvalue weighted by Crippen LogP contribution is -2.62. The molecule has 7 heteroatoms. The maximum absolute atomic E-state index is 13.8. The molecule has 38 heavy (non-hydrogen) atoms. The Morgan fingerprint density at radius 2 is 1.32 bits per heavy atom. The summed E-state index contributed by atoms with van der Waals surface area (Å²) < 4.78 is 12.2. The van der Waals surface area contributed by atoms with Crippen molar-refractivity contribution in [1.29, 1.82) is 0 Å². The Kier molecular flexibility index (Phi) is 5.80. The maximum atomic E-state index is 13.8. The standard InChI is InChI=1S/C31H42N2O5/c34-27(23-15-19-13-17-5-1-9-32-11-3-7-21(25(17)32)28(19)37-30(23)35)24-16-20-14-18-6-2-10-33-12-4-8-22(26(18)33)29(20)38-31(24)36/h15,17-22,24-26,28-29H,1-14,16H2. The van der Waals surface area contributed by atoms with Crippen LogP contribution in [0.25, 0.3) is 0 Å². The monoisotopic (exact) mass is 522 g/mol. The molecule has 6 heterocycles. The number of ether oxygens (including phenoxy) is 2. The normalized spacial score (nSPS) is 48.3. The van der Waals surface area contributed by atoms with Gasteiger partial charge in [-0.05, 0) is 115 Å². The lowest BCUT2D eigenvalue weighted by atomic mass is 9.61. The van der Waals surface area contributed by atoms with Crippen LogP contribution in [-0.4, -0.2) is 78.0 Å². The van der Waals surface area contributed by atoms with Crippen LogP contribution in [0.1, 0.15) is 70.6 Å². The van der Waals surface area contributed by atoms with Gasteiger partial charge in [0.2, 0.25) is 0 Å². The molecule has 8 rings (SSSR count). The second kappa shape index (κ2) is 9.15. The highest BCUT2D eigenvalue weighted by Crippen LogP contribution is 2.51. The summed E-state index contributed by atoms with van der Waals surface area (Å²) in [7, 11) is 0. The molecule has 0 aromatic rings. The molecule has 5 saturated heterocycles. The zero-order valence-corrected chi connectivity index (χ0v) is 22.5. The van der Waals surface area contributed by atoms with Crippen LogP contribution in [0.5, 0.6) is 0 Å². The van der Waals surface area contributed by atoms with Gasteiger partial charge >= 0.3 is 11.9 Å². The molecule has 0 amide bonds. The highest BCUT2D eigenvalue weighted by molar-refractivity contribution is 6.22. The highest BCUT2D eigenvalue weighted by Gasteiger charge is 2.56. The van der Waals surface area contributed by atoms with Gasteiger partial charge in [-0.2, -0.15) is 0 Å². The molecule has 7 nitrogen and oxygen atoms in total. The molecule has 11 unspecified atom stereocenters. The molecule has 11 atom stereocenters. The Labute approximate surface area is 225 Å². The van der Waals surface area contributed by atoms with Crippen LogP contribution < -0.4 is 0 Å². The van der Waals surface area contributed by atoms with Gasteiger partial charge in [-0.1, -0.05) is 6.08 Å². The summed E-state index contributed by atoms with van der Waals surface area (Å²) in [5.74, 6) is 0.225. The van der Waals surface area contributed by atoms with Crippen LogP contribution in [0.15, 0.2) is 11.6 Å². The highest BCUT2D eigenvalue weighted by atomic mass is 16.6. The van der Waals surface area contributed by atoms with E-state index in [-0.39, 0.29) is 35.4 Å². The fourth-order valence-corrected chi connectivity index (χ4v) is 10.8. The number of Topliss-reactive ketones (excluding diaryl/α,β-unsaturated/α-hetero) is 1. The van der Waals surface area contributed by atoms with Gasteiger partial charge in [-0.15, -0.1) is 0 Å². The molecular weight excluding hydrogens is 480 g/mol. The first-order valence-corrected chi connectivity index (χ1v) is 15.7. The van der Waals surface area contributed by atoms with Crippen molar-refractivity contribution in [2.75, 3.05) is 26.2 Å². The number of ketones is 1.